The van der Waals surface area contributed by atoms with Crippen LogP contribution in [0.1, 0.15) is 42.3 Å². The highest BCUT2D eigenvalue weighted by Gasteiger charge is 2.12. The largest absolute Gasteiger partial charge is 0.370 e. The lowest BCUT2D eigenvalue weighted by atomic mass is 10.1. The SMILES string of the molecule is Cc1nc(NCCC(C)C)cc(C(=O)Nc2cc(C)on2)n1. The normalized spacial score (nSPS) is 10.8. The van der Waals surface area contributed by atoms with Crippen LogP contribution in [-0.4, -0.2) is 27.6 Å². The standard InChI is InChI=1S/C15H21N5O2/c1-9(2)5-6-16-13-8-12(17-11(4)18-13)15(21)19-14-7-10(3)22-20-14/h7-9H,5-6H2,1-4H3,(H,16,17,18)(H,19,20,21). The van der Waals surface area contributed by atoms with E-state index in [4.69, 9.17) is 4.52 Å². The Kier molecular flexibility index (Phi) is 5.08. The highest BCUT2D eigenvalue weighted by atomic mass is 16.5. The molecule has 118 valence electrons. The number of rotatable bonds is 6. The van der Waals surface area contributed by atoms with Gasteiger partial charge in [-0.2, -0.15) is 0 Å². The fraction of sp³-hybridized carbons (Fsp3) is 0.467. The van der Waals surface area contributed by atoms with E-state index in [0.717, 1.165) is 13.0 Å². The van der Waals surface area contributed by atoms with Gasteiger partial charge in [-0.15, -0.1) is 0 Å². The number of hydrogen-bond acceptors (Lipinski definition) is 6. The first-order chi connectivity index (χ1) is 10.4. The first-order valence-corrected chi connectivity index (χ1v) is 7.28. The monoisotopic (exact) mass is 303 g/mol. The molecule has 0 saturated heterocycles. The van der Waals surface area contributed by atoms with Crippen molar-refractivity contribution in [1.82, 2.24) is 15.1 Å². The summed E-state index contributed by atoms with van der Waals surface area (Å²) < 4.78 is 4.91. The second kappa shape index (κ2) is 7.02. The van der Waals surface area contributed by atoms with Gasteiger partial charge in [-0.1, -0.05) is 19.0 Å². The van der Waals surface area contributed by atoms with E-state index >= 15 is 0 Å². The molecule has 0 fully saturated rings. The highest BCUT2D eigenvalue weighted by Crippen LogP contribution is 2.12. The molecule has 0 saturated carbocycles. The fourth-order valence-electron chi connectivity index (χ4n) is 1.87. The van der Waals surface area contributed by atoms with Gasteiger partial charge in [-0.3, -0.25) is 4.79 Å². The lowest BCUT2D eigenvalue weighted by Crippen LogP contribution is -2.16. The van der Waals surface area contributed by atoms with Crippen LogP contribution in [0.15, 0.2) is 16.7 Å². The number of nitrogens with zero attached hydrogens (tertiary/aromatic N) is 3. The smallest absolute Gasteiger partial charge is 0.275 e. The van der Waals surface area contributed by atoms with Gasteiger partial charge >= 0.3 is 0 Å². The third-order valence-electron chi connectivity index (χ3n) is 2.97. The second-order valence-corrected chi connectivity index (χ2v) is 5.57. The average Bonchev–Trinajstić information content (AvgIpc) is 2.83. The summed E-state index contributed by atoms with van der Waals surface area (Å²) in [5, 5.41) is 9.59. The summed E-state index contributed by atoms with van der Waals surface area (Å²) in [5.74, 6) is 2.45. The summed E-state index contributed by atoms with van der Waals surface area (Å²) in [6, 6.07) is 3.28. The van der Waals surface area contributed by atoms with Crippen LogP contribution in [0.3, 0.4) is 0 Å². The van der Waals surface area contributed by atoms with Gasteiger partial charge in [-0.25, -0.2) is 9.97 Å². The Morgan fingerprint density at radius 1 is 1.23 bits per heavy atom. The molecule has 7 nitrogen and oxygen atoms in total. The van der Waals surface area contributed by atoms with E-state index in [1.54, 1.807) is 26.0 Å². The first-order valence-electron chi connectivity index (χ1n) is 7.28. The van der Waals surface area contributed by atoms with Crippen LogP contribution >= 0.6 is 0 Å². The highest BCUT2D eigenvalue weighted by molar-refractivity contribution is 6.02. The molecular formula is C15H21N5O2. The van der Waals surface area contributed by atoms with Crippen LogP contribution in [0.4, 0.5) is 11.6 Å². The minimum absolute atomic E-state index is 0.292. The van der Waals surface area contributed by atoms with E-state index in [-0.39, 0.29) is 5.91 Å². The molecule has 0 aromatic carbocycles. The summed E-state index contributed by atoms with van der Waals surface area (Å²) in [6.45, 7) is 8.63. The minimum Gasteiger partial charge on any atom is -0.370 e. The molecule has 2 aromatic rings. The van der Waals surface area contributed by atoms with Crippen LogP contribution in [0.2, 0.25) is 0 Å². The van der Waals surface area contributed by atoms with Crippen molar-refractivity contribution in [3.63, 3.8) is 0 Å². The number of carbonyl (C=O) groups is 1. The van der Waals surface area contributed by atoms with Crippen LogP contribution in [0, 0.1) is 19.8 Å². The van der Waals surface area contributed by atoms with E-state index in [1.807, 2.05) is 0 Å². The summed E-state index contributed by atoms with van der Waals surface area (Å²) in [7, 11) is 0. The fourth-order valence-corrected chi connectivity index (χ4v) is 1.87. The molecule has 0 radical (unpaired) electrons. The number of carbonyl (C=O) groups excluding carboxylic acids is 1. The maximum absolute atomic E-state index is 12.2. The molecule has 2 heterocycles. The van der Waals surface area contributed by atoms with E-state index < -0.39 is 0 Å². The van der Waals surface area contributed by atoms with Gasteiger partial charge in [-0.05, 0) is 26.2 Å². The van der Waals surface area contributed by atoms with Gasteiger partial charge in [0.25, 0.3) is 5.91 Å². The molecule has 22 heavy (non-hydrogen) atoms. The van der Waals surface area contributed by atoms with Crippen LogP contribution in [0.25, 0.3) is 0 Å². The maximum Gasteiger partial charge on any atom is 0.275 e. The zero-order valence-electron chi connectivity index (χ0n) is 13.3. The van der Waals surface area contributed by atoms with Gasteiger partial charge in [0.2, 0.25) is 0 Å². The molecule has 2 rings (SSSR count). The number of aryl methyl sites for hydroxylation is 2. The van der Waals surface area contributed by atoms with Gasteiger partial charge in [0, 0.05) is 18.7 Å². The molecule has 2 aromatic heterocycles. The van der Waals surface area contributed by atoms with Crippen molar-refractivity contribution in [2.45, 2.75) is 34.1 Å². The topological polar surface area (TPSA) is 92.9 Å². The Bertz CT molecular complexity index is 651. The van der Waals surface area contributed by atoms with Crippen molar-refractivity contribution in [2.24, 2.45) is 5.92 Å². The Balaban J connectivity index is 2.06. The zero-order chi connectivity index (χ0) is 16.1. The quantitative estimate of drug-likeness (QED) is 0.852. The van der Waals surface area contributed by atoms with Gasteiger partial charge in [0.05, 0.1) is 0 Å². The first kappa shape index (κ1) is 15.9. The van der Waals surface area contributed by atoms with Gasteiger partial charge in [0.1, 0.15) is 23.1 Å². The zero-order valence-corrected chi connectivity index (χ0v) is 13.3. The van der Waals surface area contributed by atoms with Crippen molar-refractivity contribution < 1.29 is 9.32 Å². The third-order valence-corrected chi connectivity index (χ3v) is 2.97. The summed E-state index contributed by atoms with van der Waals surface area (Å²) in [4.78, 5) is 20.6. The molecule has 0 aliphatic rings. The predicted octanol–water partition coefficient (Wildman–Crippen LogP) is 2.79. The molecular weight excluding hydrogens is 282 g/mol. The van der Waals surface area contributed by atoms with Crippen LogP contribution in [-0.2, 0) is 0 Å². The molecule has 7 heteroatoms. The molecule has 0 aliphatic carbocycles. The summed E-state index contributed by atoms with van der Waals surface area (Å²) in [6.07, 6.45) is 1.03. The second-order valence-electron chi connectivity index (χ2n) is 5.57. The van der Waals surface area contributed by atoms with Crippen molar-refractivity contribution in [3.05, 3.63) is 29.4 Å². The lowest BCUT2D eigenvalue weighted by molar-refractivity contribution is 0.102. The molecule has 2 N–H and O–H groups in total. The Morgan fingerprint density at radius 3 is 2.64 bits per heavy atom. The van der Waals surface area contributed by atoms with Crippen molar-refractivity contribution in [1.29, 1.82) is 0 Å². The number of amides is 1. The van der Waals surface area contributed by atoms with E-state index in [0.29, 0.717) is 34.8 Å². The summed E-state index contributed by atoms with van der Waals surface area (Å²) >= 11 is 0. The number of nitrogens with one attached hydrogen (secondary N) is 2. The van der Waals surface area contributed by atoms with Crippen LogP contribution < -0.4 is 10.6 Å². The van der Waals surface area contributed by atoms with Gasteiger partial charge in [0.15, 0.2) is 5.82 Å². The van der Waals surface area contributed by atoms with Crippen molar-refractivity contribution >= 4 is 17.5 Å². The molecule has 0 atom stereocenters. The molecule has 0 bridgehead atoms. The Hall–Kier alpha value is -2.44. The van der Waals surface area contributed by atoms with Gasteiger partial charge < -0.3 is 15.2 Å². The van der Waals surface area contributed by atoms with E-state index in [9.17, 15) is 4.79 Å². The number of anilines is 2. The number of hydrogen-bond donors (Lipinski definition) is 2. The van der Waals surface area contributed by atoms with Crippen LogP contribution in [0.5, 0.6) is 0 Å². The molecule has 0 unspecified atom stereocenters. The Labute approximate surface area is 129 Å². The van der Waals surface area contributed by atoms with Crippen molar-refractivity contribution in [2.75, 3.05) is 17.2 Å². The summed E-state index contributed by atoms with van der Waals surface area (Å²) in [5.41, 5.74) is 0.292. The third kappa shape index (κ3) is 4.54. The molecule has 0 spiro atoms. The molecule has 1 amide bonds. The maximum atomic E-state index is 12.2. The minimum atomic E-state index is -0.342. The Morgan fingerprint density at radius 2 is 2.00 bits per heavy atom. The predicted molar refractivity (Wildman–Crippen MR) is 83.9 cm³/mol. The van der Waals surface area contributed by atoms with E-state index in [1.165, 1.54) is 0 Å². The van der Waals surface area contributed by atoms with E-state index in [2.05, 4.69) is 39.6 Å². The average molecular weight is 303 g/mol. The lowest BCUT2D eigenvalue weighted by Gasteiger charge is -2.09. The number of aromatic nitrogens is 3. The molecule has 0 aliphatic heterocycles. The van der Waals surface area contributed by atoms with Crippen molar-refractivity contribution in [3.8, 4) is 0 Å².